The standard InChI is InChI=1S/C22H32O5/c1-12-14-9-17(26-13(2)23)19-20(3,4)7-6-8-21(19,5)16(14)11-22(25)15(12)10-18(24)27-22/h10,12,14,16-17,19,25H,6-9,11H2,1-5H3/t12-,14+,16+,17-,19+,21-,22-/m1/s1. The van der Waals surface area contributed by atoms with Gasteiger partial charge in [-0.3, -0.25) is 4.79 Å². The molecule has 0 aromatic carbocycles. The molecule has 3 aliphatic carbocycles. The van der Waals surface area contributed by atoms with Crippen LogP contribution >= 0.6 is 0 Å². The Kier molecular flexibility index (Phi) is 4.09. The predicted octanol–water partition coefficient (Wildman–Crippen LogP) is 3.60. The van der Waals surface area contributed by atoms with Gasteiger partial charge in [-0.25, -0.2) is 4.79 Å². The van der Waals surface area contributed by atoms with Gasteiger partial charge in [-0.1, -0.05) is 34.1 Å². The Morgan fingerprint density at radius 1 is 1.30 bits per heavy atom. The fourth-order valence-electron chi connectivity index (χ4n) is 7.47. The van der Waals surface area contributed by atoms with Crippen molar-refractivity contribution in [3.63, 3.8) is 0 Å². The Balaban J connectivity index is 1.79. The van der Waals surface area contributed by atoms with Crippen LogP contribution in [-0.4, -0.2) is 28.9 Å². The molecule has 0 amide bonds. The van der Waals surface area contributed by atoms with E-state index in [-0.39, 0.29) is 46.6 Å². The van der Waals surface area contributed by atoms with Crippen LogP contribution in [0.3, 0.4) is 0 Å². The molecule has 0 bridgehead atoms. The summed E-state index contributed by atoms with van der Waals surface area (Å²) < 4.78 is 11.3. The third-order valence-corrected chi connectivity index (χ3v) is 8.27. The van der Waals surface area contributed by atoms with Crippen molar-refractivity contribution in [2.45, 2.75) is 78.6 Å². The number of ether oxygens (including phenoxy) is 2. The Bertz CT molecular complexity index is 709. The highest BCUT2D eigenvalue weighted by molar-refractivity contribution is 5.86. The van der Waals surface area contributed by atoms with Gasteiger partial charge in [0.1, 0.15) is 6.10 Å². The second kappa shape index (κ2) is 5.82. The number of carbonyl (C=O) groups excluding carboxylic acids is 2. The molecule has 0 aromatic rings. The van der Waals surface area contributed by atoms with E-state index in [9.17, 15) is 14.7 Å². The fraction of sp³-hybridized carbons (Fsp3) is 0.818. The molecule has 3 fully saturated rings. The molecule has 0 unspecified atom stereocenters. The van der Waals surface area contributed by atoms with Crippen LogP contribution in [0.4, 0.5) is 0 Å². The second-order valence-corrected chi connectivity index (χ2v) is 10.3. The van der Waals surface area contributed by atoms with E-state index in [2.05, 4.69) is 27.7 Å². The van der Waals surface area contributed by atoms with Crippen LogP contribution in [0.15, 0.2) is 11.6 Å². The lowest BCUT2D eigenvalue weighted by Gasteiger charge is -2.64. The maximum Gasteiger partial charge on any atom is 0.333 e. The van der Waals surface area contributed by atoms with E-state index in [4.69, 9.17) is 9.47 Å². The van der Waals surface area contributed by atoms with Gasteiger partial charge in [-0.2, -0.15) is 0 Å². The lowest BCUT2D eigenvalue weighted by atomic mass is 9.42. The third kappa shape index (κ3) is 2.68. The molecule has 4 rings (SSSR count). The Hall–Kier alpha value is -1.36. The molecule has 1 heterocycles. The molecule has 150 valence electrons. The third-order valence-electron chi connectivity index (χ3n) is 8.27. The minimum Gasteiger partial charge on any atom is -0.462 e. The minimum atomic E-state index is -1.46. The summed E-state index contributed by atoms with van der Waals surface area (Å²) >= 11 is 0. The number of fused-ring (bicyclic) bond motifs is 4. The number of rotatable bonds is 1. The molecule has 5 nitrogen and oxygen atoms in total. The van der Waals surface area contributed by atoms with E-state index >= 15 is 0 Å². The first-order chi connectivity index (χ1) is 12.5. The second-order valence-electron chi connectivity index (χ2n) is 10.3. The molecule has 7 atom stereocenters. The van der Waals surface area contributed by atoms with Gasteiger partial charge in [0.25, 0.3) is 0 Å². The first-order valence-corrected chi connectivity index (χ1v) is 10.3. The SMILES string of the molecule is CC(=O)O[C@@H]1C[C@H]2[C@@H](C)C3=CC(=O)O[C@]3(O)C[C@@H]2[C@@]2(C)CCCC(C)(C)[C@H]12. The van der Waals surface area contributed by atoms with E-state index in [1.165, 1.54) is 13.0 Å². The average molecular weight is 376 g/mol. The molecule has 4 aliphatic rings. The molecule has 0 radical (unpaired) electrons. The Morgan fingerprint density at radius 3 is 2.67 bits per heavy atom. The number of hydrogen-bond donors (Lipinski definition) is 1. The van der Waals surface area contributed by atoms with Crippen LogP contribution in [0.2, 0.25) is 0 Å². The van der Waals surface area contributed by atoms with Gasteiger partial charge in [0.2, 0.25) is 5.79 Å². The molecule has 3 saturated carbocycles. The molecule has 27 heavy (non-hydrogen) atoms. The Labute approximate surface area is 161 Å². The molecular weight excluding hydrogens is 344 g/mol. The van der Waals surface area contributed by atoms with E-state index in [0.29, 0.717) is 12.0 Å². The molecule has 0 spiro atoms. The van der Waals surface area contributed by atoms with Crippen molar-refractivity contribution in [1.29, 1.82) is 0 Å². The van der Waals surface area contributed by atoms with Crippen molar-refractivity contribution in [2.24, 2.45) is 34.5 Å². The zero-order valence-corrected chi connectivity index (χ0v) is 17.1. The van der Waals surface area contributed by atoms with Crippen molar-refractivity contribution in [2.75, 3.05) is 0 Å². The highest BCUT2D eigenvalue weighted by Crippen LogP contribution is 2.67. The van der Waals surface area contributed by atoms with Gasteiger partial charge in [-0.15, -0.1) is 0 Å². The van der Waals surface area contributed by atoms with Gasteiger partial charge in [-0.05, 0) is 47.8 Å². The topological polar surface area (TPSA) is 72.8 Å². The highest BCUT2D eigenvalue weighted by atomic mass is 16.7. The first kappa shape index (κ1) is 19.0. The van der Waals surface area contributed by atoms with Crippen molar-refractivity contribution < 1.29 is 24.2 Å². The summed E-state index contributed by atoms with van der Waals surface area (Å²) in [6.45, 7) is 10.5. The summed E-state index contributed by atoms with van der Waals surface area (Å²) in [6, 6.07) is 0. The Morgan fingerprint density at radius 2 is 2.00 bits per heavy atom. The zero-order chi connectivity index (χ0) is 19.8. The van der Waals surface area contributed by atoms with Crippen molar-refractivity contribution in [3.8, 4) is 0 Å². The van der Waals surface area contributed by atoms with Crippen LogP contribution in [0.25, 0.3) is 0 Å². The average Bonchev–Trinajstić information content (AvgIpc) is 2.82. The maximum atomic E-state index is 11.9. The molecular formula is C22H32O5. The largest absolute Gasteiger partial charge is 0.462 e. The van der Waals surface area contributed by atoms with Crippen LogP contribution in [0, 0.1) is 34.5 Å². The quantitative estimate of drug-likeness (QED) is 0.708. The van der Waals surface area contributed by atoms with Gasteiger partial charge in [0, 0.05) is 30.9 Å². The van der Waals surface area contributed by atoms with E-state index in [1.807, 2.05) is 0 Å². The van der Waals surface area contributed by atoms with Crippen LogP contribution in [-0.2, 0) is 19.1 Å². The number of aliphatic hydroxyl groups is 1. The summed E-state index contributed by atoms with van der Waals surface area (Å²) in [6.07, 6.45) is 5.90. The summed E-state index contributed by atoms with van der Waals surface area (Å²) in [5, 5.41) is 11.1. The maximum absolute atomic E-state index is 11.9. The lowest BCUT2D eigenvalue weighted by Crippen LogP contribution is -2.62. The van der Waals surface area contributed by atoms with Gasteiger partial charge < -0.3 is 14.6 Å². The lowest BCUT2D eigenvalue weighted by molar-refractivity contribution is -0.239. The smallest absolute Gasteiger partial charge is 0.333 e. The monoisotopic (exact) mass is 376 g/mol. The number of carbonyl (C=O) groups is 2. The van der Waals surface area contributed by atoms with Crippen LogP contribution in [0.5, 0.6) is 0 Å². The van der Waals surface area contributed by atoms with Crippen molar-refractivity contribution in [1.82, 2.24) is 0 Å². The minimum absolute atomic E-state index is 0.0288. The summed E-state index contributed by atoms with van der Waals surface area (Å²) in [5.74, 6) is -1.35. The van der Waals surface area contributed by atoms with Crippen molar-refractivity contribution in [3.05, 3.63) is 11.6 Å². The van der Waals surface area contributed by atoms with E-state index < -0.39 is 11.8 Å². The normalized spacial score (nSPS) is 47.9. The van der Waals surface area contributed by atoms with Crippen molar-refractivity contribution >= 4 is 11.9 Å². The molecule has 1 N–H and O–H groups in total. The number of hydrogen-bond acceptors (Lipinski definition) is 5. The molecule has 5 heteroatoms. The molecule has 1 aliphatic heterocycles. The predicted molar refractivity (Wildman–Crippen MR) is 99.3 cm³/mol. The van der Waals surface area contributed by atoms with Crippen LogP contribution in [0.1, 0.15) is 66.7 Å². The zero-order valence-electron chi connectivity index (χ0n) is 17.1. The van der Waals surface area contributed by atoms with Gasteiger partial charge in [0.05, 0.1) is 0 Å². The van der Waals surface area contributed by atoms with Gasteiger partial charge in [0.15, 0.2) is 0 Å². The first-order valence-electron chi connectivity index (χ1n) is 10.3. The summed E-state index contributed by atoms with van der Waals surface area (Å²) in [4.78, 5) is 23.8. The van der Waals surface area contributed by atoms with E-state index in [0.717, 1.165) is 25.7 Å². The van der Waals surface area contributed by atoms with Crippen LogP contribution < -0.4 is 0 Å². The van der Waals surface area contributed by atoms with E-state index in [1.54, 1.807) is 0 Å². The highest BCUT2D eigenvalue weighted by Gasteiger charge is 2.65. The molecule has 0 saturated heterocycles. The van der Waals surface area contributed by atoms with Gasteiger partial charge >= 0.3 is 11.9 Å². The molecule has 0 aromatic heterocycles. The summed E-state index contributed by atoms with van der Waals surface area (Å²) in [5.41, 5.74) is 0.703. The number of esters is 2. The summed E-state index contributed by atoms with van der Waals surface area (Å²) in [7, 11) is 0. The fourth-order valence-corrected chi connectivity index (χ4v) is 7.47.